The van der Waals surface area contributed by atoms with Gasteiger partial charge in [-0.2, -0.15) is 0 Å². The third-order valence-corrected chi connectivity index (χ3v) is 5.28. The van der Waals surface area contributed by atoms with Crippen LogP contribution in [0, 0.1) is 28.3 Å². The number of ether oxygens (including phenoxy) is 1. The first-order valence-electron chi connectivity index (χ1n) is 10.2. The normalized spacial score (nSPS) is 23.4. The fraction of sp³-hybridized carbons (Fsp3) is 0.500. The zero-order valence-corrected chi connectivity index (χ0v) is 18.9. The van der Waals surface area contributed by atoms with Gasteiger partial charge >= 0.3 is 0 Å². The number of nitrogens with two attached hydrogens (primary N) is 1. The minimum Gasteiger partial charge on any atom is -0.394 e. The SMILES string of the molecule is CC(O)C(N)C(=O)NCC#CC#CCNc1nc(=S)c2ncn([C@@H]3O[C@H](CO)[C@@H](O)[C@H]3O)c2[nH]1. The van der Waals surface area contributed by atoms with Crippen LogP contribution in [0.25, 0.3) is 11.2 Å². The first-order valence-corrected chi connectivity index (χ1v) is 10.7. The van der Waals surface area contributed by atoms with E-state index < -0.39 is 49.2 Å². The molecular weight excluding hydrogens is 466 g/mol. The average molecular weight is 492 g/mol. The molecule has 1 fully saturated rings. The summed E-state index contributed by atoms with van der Waals surface area (Å²) in [4.78, 5) is 23.0. The second kappa shape index (κ2) is 11.4. The van der Waals surface area contributed by atoms with Crippen molar-refractivity contribution >= 4 is 35.2 Å². The molecule has 13 nitrogen and oxygen atoms in total. The van der Waals surface area contributed by atoms with Gasteiger partial charge < -0.3 is 46.5 Å². The summed E-state index contributed by atoms with van der Waals surface area (Å²) in [5, 5.41) is 44.3. The lowest BCUT2D eigenvalue weighted by Gasteiger charge is -2.17. The number of aliphatic hydroxyl groups is 4. The van der Waals surface area contributed by atoms with Crippen molar-refractivity contribution in [2.24, 2.45) is 5.73 Å². The largest absolute Gasteiger partial charge is 0.394 e. The van der Waals surface area contributed by atoms with Crippen LogP contribution in [0.2, 0.25) is 0 Å². The molecule has 0 radical (unpaired) electrons. The summed E-state index contributed by atoms with van der Waals surface area (Å²) in [5.74, 6) is 10.4. The Bertz CT molecular complexity index is 1210. The van der Waals surface area contributed by atoms with Crippen LogP contribution in [0.1, 0.15) is 13.2 Å². The van der Waals surface area contributed by atoms with E-state index in [4.69, 9.17) is 22.7 Å². The van der Waals surface area contributed by atoms with E-state index in [9.17, 15) is 25.2 Å². The number of H-pyrrole nitrogens is 1. The molecule has 1 amide bonds. The molecule has 2 aromatic heterocycles. The van der Waals surface area contributed by atoms with Crippen LogP contribution < -0.4 is 16.4 Å². The predicted molar refractivity (Wildman–Crippen MR) is 122 cm³/mol. The van der Waals surface area contributed by atoms with Gasteiger partial charge in [0.05, 0.1) is 32.1 Å². The lowest BCUT2D eigenvalue weighted by Crippen LogP contribution is -2.47. The average Bonchev–Trinajstić information content (AvgIpc) is 3.35. The van der Waals surface area contributed by atoms with Gasteiger partial charge in [-0.25, -0.2) is 9.97 Å². The number of amides is 1. The Labute approximate surface area is 199 Å². The highest BCUT2D eigenvalue weighted by molar-refractivity contribution is 7.71. The minimum absolute atomic E-state index is 0.0393. The van der Waals surface area contributed by atoms with Gasteiger partial charge in [-0.15, -0.1) is 0 Å². The van der Waals surface area contributed by atoms with Crippen molar-refractivity contribution in [3.05, 3.63) is 11.0 Å². The number of carbonyl (C=O) groups is 1. The van der Waals surface area contributed by atoms with E-state index >= 15 is 0 Å². The Balaban J connectivity index is 1.62. The standard InChI is InChI=1S/C20H25N7O6S/c1-10(29)12(21)17(32)22-6-4-2-3-5-7-23-20-25-16-13(18(34)26-20)24-9-27(16)19-15(31)14(30)11(8-28)33-19/h9-12,14-15,19,28-31H,6-8,21H2,1H3,(H,22,32)(H2,23,25,26,34)/t10?,11-,12?,14-,15-,19-/m1/s1. The number of aromatic amines is 1. The highest BCUT2D eigenvalue weighted by Gasteiger charge is 2.43. The number of imidazole rings is 1. The van der Waals surface area contributed by atoms with Gasteiger partial charge in [0, 0.05) is 0 Å². The molecule has 1 saturated heterocycles. The molecule has 0 bridgehead atoms. The maximum Gasteiger partial charge on any atom is 0.240 e. The topological polar surface area (TPSA) is 204 Å². The van der Waals surface area contributed by atoms with Crippen LogP contribution in [-0.4, -0.2) is 96.0 Å². The zero-order chi connectivity index (χ0) is 24.8. The van der Waals surface area contributed by atoms with Crippen LogP contribution in [-0.2, 0) is 9.53 Å². The first-order chi connectivity index (χ1) is 16.2. The summed E-state index contributed by atoms with van der Waals surface area (Å²) in [5.41, 5.74) is 6.26. The molecule has 0 aliphatic carbocycles. The molecule has 0 spiro atoms. The minimum atomic E-state index is -1.28. The lowest BCUT2D eigenvalue weighted by atomic mass is 10.1. The van der Waals surface area contributed by atoms with Crippen LogP contribution >= 0.6 is 12.2 Å². The molecule has 34 heavy (non-hydrogen) atoms. The monoisotopic (exact) mass is 491 g/mol. The first kappa shape index (κ1) is 25.5. The molecular formula is C20H25N7O6S. The predicted octanol–water partition coefficient (Wildman–Crippen LogP) is -2.66. The number of hydrogen-bond acceptors (Lipinski definition) is 11. The second-order valence-corrected chi connectivity index (χ2v) is 7.80. The Hall–Kier alpha value is -3.08. The highest BCUT2D eigenvalue weighted by atomic mass is 32.1. The maximum absolute atomic E-state index is 11.6. The van der Waals surface area contributed by atoms with E-state index in [0.29, 0.717) is 11.2 Å². The van der Waals surface area contributed by atoms with E-state index in [1.165, 1.54) is 17.8 Å². The van der Waals surface area contributed by atoms with Gasteiger partial charge in [0.15, 0.2) is 10.9 Å². The number of nitrogens with zero attached hydrogens (tertiary/aromatic N) is 3. The van der Waals surface area contributed by atoms with E-state index in [2.05, 4.69) is 49.3 Å². The van der Waals surface area contributed by atoms with Crippen LogP contribution in [0.4, 0.5) is 5.95 Å². The van der Waals surface area contributed by atoms with Gasteiger partial charge in [0.25, 0.3) is 0 Å². The Morgan fingerprint density at radius 2 is 2.06 bits per heavy atom. The van der Waals surface area contributed by atoms with Crippen molar-refractivity contribution < 1.29 is 30.0 Å². The third kappa shape index (κ3) is 5.69. The van der Waals surface area contributed by atoms with Crippen molar-refractivity contribution in [2.45, 2.75) is 43.6 Å². The third-order valence-electron chi connectivity index (χ3n) is 4.99. The highest BCUT2D eigenvalue weighted by Crippen LogP contribution is 2.31. The second-order valence-electron chi connectivity index (χ2n) is 7.41. The van der Waals surface area contributed by atoms with Crippen molar-refractivity contribution in [2.75, 3.05) is 25.0 Å². The van der Waals surface area contributed by atoms with Crippen molar-refractivity contribution in [1.29, 1.82) is 0 Å². The number of fused-ring (bicyclic) bond motifs is 1. The summed E-state index contributed by atoms with van der Waals surface area (Å²) < 4.78 is 7.21. The molecule has 182 valence electrons. The van der Waals surface area contributed by atoms with E-state index in [1.807, 2.05) is 0 Å². The molecule has 9 N–H and O–H groups in total. The van der Waals surface area contributed by atoms with Crippen LogP contribution in [0.5, 0.6) is 0 Å². The number of aliphatic hydroxyl groups excluding tert-OH is 4. The number of hydrogen-bond donors (Lipinski definition) is 8. The van der Waals surface area contributed by atoms with Crippen molar-refractivity contribution in [3.8, 4) is 23.7 Å². The summed E-state index contributed by atoms with van der Waals surface area (Å²) in [6.45, 7) is 1.18. The van der Waals surface area contributed by atoms with Gasteiger partial charge in [-0.05, 0) is 18.8 Å². The van der Waals surface area contributed by atoms with E-state index in [-0.39, 0.29) is 23.7 Å². The molecule has 6 atom stereocenters. The number of nitrogens with one attached hydrogen (secondary N) is 3. The van der Waals surface area contributed by atoms with Gasteiger partial charge in [0.1, 0.15) is 35.5 Å². The molecule has 14 heteroatoms. The molecule has 3 heterocycles. The Kier molecular flexibility index (Phi) is 8.54. The molecule has 1 aliphatic heterocycles. The summed E-state index contributed by atoms with van der Waals surface area (Å²) in [7, 11) is 0. The lowest BCUT2D eigenvalue weighted by molar-refractivity contribution is -0.124. The number of aromatic nitrogens is 4. The fourth-order valence-corrected chi connectivity index (χ4v) is 3.34. The van der Waals surface area contributed by atoms with Gasteiger partial charge in [-0.1, -0.05) is 24.1 Å². The zero-order valence-electron chi connectivity index (χ0n) is 18.1. The van der Waals surface area contributed by atoms with E-state index in [1.54, 1.807) is 0 Å². The molecule has 0 saturated carbocycles. The smallest absolute Gasteiger partial charge is 0.240 e. The summed E-state index contributed by atoms with van der Waals surface area (Å²) >= 11 is 5.28. The Morgan fingerprint density at radius 1 is 1.35 bits per heavy atom. The van der Waals surface area contributed by atoms with Crippen LogP contribution in [0.3, 0.4) is 0 Å². The fourth-order valence-electron chi connectivity index (χ4n) is 3.10. The molecule has 0 aromatic carbocycles. The number of carbonyl (C=O) groups excluding carboxylic acids is 1. The van der Waals surface area contributed by atoms with Gasteiger partial charge in [0.2, 0.25) is 11.9 Å². The summed E-state index contributed by atoms with van der Waals surface area (Å²) in [6, 6.07) is -1.02. The van der Waals surface area contributed by atoms with Crippen molar-refractivity contribution in [1.82, 2.24) is 24.8 Å². The van der Waals surface area contributed by atoms with Crippen molar-refractivity contribution in [3.63, 3.8) is 0 Å². The molecule has 1 aliphatic rings. The molecule has 3 rings (SSSR count). The Morgan fingerprint density at radius 3 is 2.71 bits per heavy atom. The number of rotatable bonds is 7. The number of anilines is 1. The molecule has 2 unspecified atom stereocenters. The quantitative estimate of drug-likeness (QED) is 0.148. The van der Waals surface area contributed by atoms with E-state index in [0.717, 1.165) is 0 Å². The van der Waals surface area contributed by atoms with Crippen LogP contribution in [0.15, 0.2) is 6.33 Å². The van der Waals surface area contributed by atoms with Gasteiger partial charge in [-0.3, -0.25) is 9.36 Å². The summed E-state index contributed by atoms with van der Waals surface area (Å²) in [6.07, 6.45) is -4.01. The molecule has 2 aromatic rings. The maximum atomic E-state index is 11.6.